The zero-order valence-corrected chi connectivity index (χ0v) is 21.8. The summed E-state index contributed by atoms with van der Waals surface area (Å²) < 4.78 is 45.2. The number of hydrogen-bond acceptors (Lipinski definition) is 9. The fourth-order valence-corrected chi connectivity index (χ4v) is 5.02. The van der Waals surface area contributed by atoms with E-state index in [0.29, 0.717) is 30.2 Å². The number of ether oxygens (including phenoxy) is 1. The molecule has 2 aliphatic heterocycles. The number of anilines is 2. The number of aliphatic hydroxyl groups is 2. The molecule has 10 nitrogen and oxygen atoms in total. The second-order valence-corrected chi connectivity index (χ2v) is 9.87. The molecule has 40 heavy (non-hydrogen) atoms. The molecule has 13 heteroatoms. The molecule has 2 aromatic heterocycles. The van der Waals surface area contributed by atoms with Crippen LogP contribution in [0.3, 0.4) is 0 Å². The van der Waals surface area contributed by atoms with Crippen molar-refractivity contribution in [3.05, 3.63) is 54.1 Å². The third kappa shape index (κ3) is 5.70. The molecule has 2 bridgehead atoms. The minimum atomic E-state index is -4.50. The van der Waals surface area contributed by atoms with E-state index >= 15 is 0 Å². The summed E-state index contributed by atoms with van der Waals surface area (Å²) >= 11 is 0. The van der Waals surface area contributed by atoms with Gasteiger partial charge in [0, 0.05) is 31.0 Å². The molecule has 1 fully saturated rings. The second kappa shape index (κ2) is 11.3. The van der Waals surface area contributed by atoms with Gasteiger partial charge in [-0.25, -0.2) is 15.0 Å². The minimum absolute atomic E-state index is 0.110. The first kappa shape index (κ1) is 27.7. The van der Waals surface area contributed by atoms with Crippen LogP contribution in [-0.4, -0.2) is 74.5 Å². The standard InChI is InChI=1S/C27H29F3N6O4/c1-2-16(21-10-32-23(12-31-21)40-15-20(38)14-37)9-24(39)36-19-6-7-35(13-19)22-11-33-25(34-26(22)36)17-4-3-5-18(8-17)27(28,29)30/h3-5,8,10-12,16,19-20,37-38H,2,6-7,9,13-15H2,1H3/t16?,19-,20+/m0/s1. The molecule has 3 aromatic rings. The summed E-state index contributed by atoms with van der Waals surface area (Å²) in [5, 5.41) is 18.4. The van der Waals surface area contributed by atoms with Crippen molar-refractivity contribution in [2.45, 2.75) is 50.4 Å². The van der Waals surface area contributed by atoms with Crippen LogP contribution in [-0.2, 0) is 11.0 Å². The van der Waals surface area contributed by atoms with Gasteiger partial charge in [-0.2, -0.15) is 13.2 Å². The zero-order valence-electron chi connectivity index (χ0n) is 21.8. The van der Waals surface area contributed by atoms with Gasteiger partial charge in [0.25, 0.3) is 0 Å². The SMILES string of the molecule is CCC(CC(=O)N1c2nc(-c3cccc(C(F)(F)F)c3)ncc2N2CC[C@H]1C2)c1cnc(OC[C@H](O)CO)cn1. The molecule has 1 aromatic carbocycles. The number of benzene rings is 1. The Morgan fingerprint density at radius 1 is 1.20 bits per heavy atom. The number of nitrogens with zero attached hydrogens (tertiary/aromatic N) is 6. The predicted molar refractivity (Wildman–Crippen MR) is 139 cm³/mol. The van der Waals surface area contributed by atoms with Crippen LogP contribution in [0.25, 0.3) is 11.4 Å². The van der Waals surface area contributed by atoms with Crippen molar-refractivity contribution < 1.29 is 32.9 Å². The van der Waals surface area contributed by atoms with Gasteiger partial charge in [0.15, 0.2) is 11.6 Å². The summed E-state index contributed by atoms with van der Waals surface area (Å²) in [6.07, 6.45) is 0.468. The van der Waals surface area contributed by atoms with Gasteiger partial charge in [0.05, 0.1) is 48.2 Å². The van der Waals surface area contributed by atoms with E-state index in [0.717, 1.165) is 25.1 Å². The van der Waals surface area contributed by atoms with Crippen LogP contribution >= 0.6 is 0 Å². The molecule has 0 spiro atoms. The number of carbonyl (C=O) groups excluding carboxylic acids is 1. The summed E-state index contributed by atoms with van der Waals surface area (Å²) in [7, 11) is 0. The molecule has 0 radical (unpaired) electrons. The van der Waals surface area contributed by atoms with Gasteiger partial charge >= 0.3 is 6.18 Å². The monoisotopic (exact) mass is 558 g/mol. The van der Waals surface area contributed by atoms with Crippen LogP contribution in [0.4, 0.5) is 24.7 Å². The normalized spacial score (nSPS) is 17.9. The summed E-state index contributed by atoms with van der Waals surface area (Å²) in [5.74, 6) is 0.289. The van der Waals surface area contributed by atoms with Gasteiger partial charge in [-0.05, 0) is 25.0 Å². The maximum Gasteiger partial charge on any atom is 0.416 e. The Balaban J connectivity index is 1.38. The van der Waals surface area contributed by atoms with Crippen LogP contribution < -0.4 is 14.5 Å². The Hall–Kier alpha value is -3.84. The van der Waals surface area contributed by atoms with Crippen molar-refractivity contribution in [2.24, 2.45) is 0 Å². The number of aromatic nitrogens is 4. The summed E-state index contributed by atoms with van der Waals surface area (Å²) in [6.45, 7) is 2.74. The van der Waals surface area contributed by atoms with Crippen molar-refractivity contribution in [1.29, 1.82) is 0 Å². The number of aliphatic hydroxyl groups excluding tert-OH is 2. The smallest absolute Gasteiger partial charge is 0.416 e. The number of alkyl halides is 3. The third-order valence-corrected chi connectivity index (χ3v) is 7.18. The zero-order chi connectivity index (χ0) is 28.4. The highest BCUT2D eigenvalue weighted by Crippen LogP contribution is 2.41. The number of carbonyl (C=O) groups is 1. The van der Waals surface area contributed by atoms with Gasteiger partial charge in [0.1, 0.15) is 12.7 Å². The van der Waals surface area contributed by atoms with Crippen molar-refractivity contribution in [3.8, 4) is 17.3 Å². The van der Waals surface area contributed by atoms with Crippen molar-refractivity contribution in [2.75, 3.05) is 36.1 Å². The van der Waals surface area contributed by atoms with Crippen molar-refractivity contribution in [1.82, 2.24) is 19.9 Å². The van der Waals surface area contributed by atoms with Crippen LogP contribution in [0.2, 0.25) is 0 Å². The lowest BCUT2D eigenvalue weighted by Gasteiger charge is -2.36. The first-order valence-electron chi connectivity index (χ1n) is 13.0. The molecule has 2 aliphatic rings. The second-order valence-electron chi connectivity index (χ2n) is 9.87. The lowest BCUT2D eigenvalue weighted by atomic mass is 9.97. The topological polar surface area (TPSA) is 125 Å². The highest BCUT2D eigenvalue weighted by atomic mass is 19.4. The van der Waals surface area contributed by atoms with Gasteiger partial charge < -0.3 is 19.8 Å². The van der Waals surface area contributed by atoms with Gasteiger partial charge in [-0.1, -0.05) is 19.1 Å². The Morgan fingerprint density at radius 3 is 2.73 bits per heavy atom. The van der Waals surface area contributed by atoms with E-state index < -0.39 is 24.5 Å². The van der Waals surface area contributed by atoms with Gasteiger partial charge in [0.2, 0.25) is 11.8 Å². The number of fused-ring (bicyclic) bond motifs is 4. The lowest BCUT2D eigenvalue weighted by Crippen LogP contribution is -2.47. The van der Waals surface area contributed by atoms with E-state index in [9.17, 15) is 23.1 Å². The molecule has 212 valence electrons. The van der Waals surface area contributed by atoms with Crippen LogP contribution in [0.1, 0.15) is 43.4 Å². The van der Waals surface area contributed by atoms with E-state index in [4.69, 9.17) is 9.84 Å². The minimum Gasteiger partial charge on any atom is -0.474 e. The highest BCUT2D eigenvalue weighted by molar-refractivity contribution is 5.98. The molecule has 0 saturated carbocycles. The molecule has 3 atom stereocenters. The molecular formula is C27H29F3N6O4. The largest absolute Gasteiger partial charge is 0.474 e. The van der Waals surface area contributed by atoms with E-state index in [1.807, 2.05) is 6.92 Å². The molecule has 0 aliphatic carbocycles. The van der Waals surface area contributed by atoms with E-state index in [1.165, 1.54) is 24.5 Å². The molecule has 1 amide bonds. The van der Waals surface area contributed by atoms with Crippen LogP contribution in [0.5, 0.6) is 5.88 Å². The fourth-order valence-electron chi connectivity index (χ4n) is 5.02. The summed E-state index contributed by atoms with van der Waals surface area (Å²) in [6, 6.07) is 4.73. The Morgan fingerprint density at radius 2 is 2.02 bits per heavy atom. The number of halogens is 3. The molecule has 2 N–H and O–H groups in total. The highest BCUT2D eigenvalue weighted by Gasteiger charge is 2.41. The van der Waals surface area contributed by atoms with E-state index in [2.05, 4.69) is 24.8 Å². The molecule has 1 saturated heterocycles. The molecule has 1 unspecified atom stereocenters. The maximum atomic E-state index is 13.8. The first-order chi connectivity index (χ1) is 19.2. The maximum absolute atomic E-state index is 13.8. The van der Waals surface area contributed by atoms with Crippen molar-refractivity contribution >= 4 is 17.4 Å². The Kier molecular flexibility index (Phi) is 7.86. The quantitative estimate of drug-likeness (QED) is 0.407. The molecule has 5 rings (SSSR count). The van der Waals surface area contributed by atoms with Crippen LogP contribution in [0, 0.1) is 0 Å². The summed E-state index contributed by atoms with van der Waals surface area (Å²) in [4.78, 5) is 35.1. The van der Waals surface area contributed by atoms with Crippen molar-refractivity contribution in [3.63, 3.8) is 0 Å². The van der Waals surface area contributed by atoms with E-state index in [1.54, 1.807) is 11.1 Å². The van der Waals surface area contributed by atoms with Crippen LogP contribution in [0.15, 0.2) is 42.9 Å². The average molecular weight is 559 g/mol. The molecular weight excluding hydrogens is 529 g/mol. The first-order valence-corrected chi connectivity index (χ1v) is 13.0. The fraction of sp³-hybridized carbons (Fsp3) is 0.444. The average Bonchev–Trinajstić information content (AvgIpc) is 3.38. The number of hydrogen-bond donors (Lipinski definition) is 2. The Labute approximate surface area is 228 Å². The Bertz CT molecular complexity index is 1360. The molecule has 4 heterocycles. The lowest BCUT2D eigenvalue weighted by molar-refractivity contribution is -0.137. The summed E-state index contributed by atoms with van der Waals surface area (Å²) in [5.41, 5.74) is 0.699. The number of amides is 1. The third-order valence-electron chi connectivity index (χ3n) is 7.18. The predicted octanol–water partition coefficient (Wildman–Crippen LogP) is 3.19. The van der Waals surface area contributed by atoms with Gasteiger partial charge in [-0.3, -0.25) is 14.7 Å². The van der Waals surface area contributed by atoms with E-state index in [-0.39, 0.29) is 48.2 Å². The number of rotatable bonds is 9. The van der Waals surface area contributed by atoms with Gasteiger partial charge in [-0.15, -0.1) is 0 Å².